The molecule has 144 valence electrons. The summed E-state index contributed by atoms with van der Waals surface area (Å²) in [6.45, 7) is 1.57. The topological polar surface area (TPSA) is 137 Å². The third kappa shape index (κ3) is 3.52. The van der Waals surface area contributed by atoms with Crippen LogP contribution < -0.4 is 10.9 Å². The number of phenols is 2. The highest BCUT2D eigenvalue weighted by Gasteiger charge is 2.24. The van der Waals surface area contributed by atoms with Gasteiger partial charge in [0, 0.05) is 5.39 Å². The monoisotopic (exact) mass is 383 g/mol. The van der Waals surface area contributed by atoms with Gasteiger partial charge >= 0.3 is 11.6 Å². The number of hydrogen-bond acceptors (Lipinski definition) is 6. The normalized spacial score (nSPS) is 11.9. The van der Waals surface area contributed by atoms with Crippen molar-refractivity contribution in [3.63, 3.8) is 0 Å². The number of nitrogens with one attached hydrogen (secondary N) is 1. The number of rotatable bonds is 5. The van der Waals surface area contributed by atoms with Crippen LogP contribution in [0.3, 0.4) is 0 Å². The van der Waals surface area contributed by atoms with Crippen molar-refractivity contribution in [2.24, 2.45) is 0 Å². The summed E-state index contributed by atoms with van der Waals surface area (Å²) in [7, 11) is 0. The van der Waals surface area contributed by atoms with E-state index in [1.807, 2.05) is 0 Å². The van der Waals surface area contributed by atoms with Crippen LogP contribution in [0, 0.1) is 6.92 Å². The Bertz CT molecular complexity index is 1120. The minimum Gasteiger partial charge on any atom is -0.504 e. The highest BCUT2D eigenvalue weighted by molar-refractivity contribution is 5.90. The number of carboxylic acids is 1. The molecule has 0 aliphatic rings. The Labute approximate surface area is 158 Å². The van der Waals surface area contributed by atoms with Gasteiger partial charge in [-0.15, -0.1) is 0 Å². The third-order valence-electron chi connectivity index (χ3n) is 4.43. The lowest BCUT2D eigenvalue weighted by Crippen LogP contribution is -2.35. The number of amides is 1. The first kappa shape index (κ1) is 19.0. The van der Waals surface area contributed by atoms with Crippen molar-refractivity contribution in [3.05, 3.63) is 69.6 Å². The number of phenolic OH excluding ortho intramolecular Hbond substituents is 2. The number of aliphatic carboxylic acids is 1. The van der Waals surface area contributed by atoms with E-state index in [-0.39, 0.29) is 11.1 Å². The minimum absolute atomic E-state index is 0.0345. The van der Waals surface area contributed by atoms with Crippen LogP contribution >= 0.6 is 0 Å². The van der Waals surface area contributed by atoms with E-state index in [9.17, 15) is 29.7 Å². The quantitative estimate of drug-likeness (QED) is 0.391. The van der Waals surface area contributed by atoms with E-state index in [0.717, 1.165) is 0 Å². The van der Waals surface area contributed by atoms with Crippen LogP contribution in [-0.4, -0.2) is 27.2 Å². The molecule has 1 aromatic heterocycles. The SMILES string of the molecule is Cc1c(CC(=O)NC(C(=O)O)c2ccccc2)c(=O)oc2c(O)c(O)ccc12. The average Bonchev–Trinajstić information content (AvgIpc) is 2.67. The molecule has 1 unspecified atom stereocenters. The molecule has 0 aliphatic carbocycles. The Balaban J connectivity index is 1.92. The minimum atomic E-state index is -1.26. The van der Waals surface area contributed by atoms with Gasteiger partial charge in [-0.2, -0.15) is 0 Å². The van der Waals surface area contributed by atoms with Gasteiger partial charge in [0.15, 0.2) is 17.4 Å². The Morgan fingerprint density at radius 3 is 2.43 bits per heavy atom. The van der Waals surface area contributed by atoms with Crippen molar-refractivity contribution in [2.45, 2.75) is 19.4 Å². The summed E-state index contributed by atoms with van der Waals surface area (Å²) in [5, 5.41) is 31.6. The second-order valence-electron chi connectivity index (χ2n) is 6.23. The molecule has 4 N–H and O–H groups in total. The molecule has 0 saturated heterocycles. The molecule has 2 aromatic carbocycles. The van der Waals surface area contributed by atoms with E-state index >= 15 is 0 Å². The Hall–Kier alpha value is -3.81. The number of fused-ring (bicyclic) bond motifs is 1. The molecule has 0 fully saturated rings. The zero-order valence-electron chi connectivity index (χ0n) is 14.8. The van der Waals surface area contributed by atoms with Gasteiger partial charge in [-0.05, 0) is 30.2 Å². The maximum atomic E-state index is 12.4. The van der Waals surface area contributed by atoms with Crippen molar-refractivity contribution >= 4 is 22.8 Å². The smallest absolute Gasteiger partial charge is 0.340 e. The summed E-state index contributed by atoms with van der Waals surface area (Å²) in [6.07, 6.45) is -0.400. The zero-order valence-corrected chi connectivity index (χ0v) is 14.8. The van der Waals surface area contributed by atoms with Gasteiger partial charge in [-0.3, -0.25) is 4.79 Å². The number of hydrogen-bond donors (Lipinski definition) is 4. The lowest BCUT2D eigenvalue weighted by Gasteiger charge is -2.15. The lowest BCUT2D eigenvalue weighted by atomic mass is 10.0. The van der Waals surface area contributed by atoms with Gasteiger partial charge < -0.3 is 25.1 Å². The van der Waals surface area contributed by atoms with Crippen LogP contribution in [-0.2, 0) is 16.0 Å². The number of carboxylic acid groups (broad SMARTS) is 1. The van der Waals surface area contributed by atoms with Gasteiger partial charge in [0.2, 0.25) is 11.7 Å². The summed E-state index contributed by atoms with van der Waals surface area (Å²) in [6, 6.07) is 9.61. The second kappa shape index (κ2) is 7.43. The van der Waals surface area contributed by atoms with E-state index < -0.39 is 41.5 Å². The maximum absolute atomic E-state index is 12.4. The molecular formula is C20H17NO7. The van der Waals surface area contributed by atoms with Crippen LogP contribution in [0.1, 0.15) is 22.7 Å². The average molecular weight is 383 g/mol. The number of aryl methyl sites for hydroxylation is 1. The van der Waals surface area contributed by atoms with Crippen LogP contribution in [0.25, 0.3) is 11.0 Å². The molecule has 3 aromatic rings. The number of carbonyl (C=O) groups is 2. The lowest BCUT2D eigenvalue weighted by molar-refractivity contribution is -0.142. The summed E-state index contributed by atoms with van der Waals surface area (Å²) in [5.41, 5.74) is -0.214. The van der Waals surface area contributed by atoms with E-state index in [0.29, 0.717) is 16.5 Å². The van der Waals surface area contributed by atoms with E-state index in [2.05, 4.69) is 5.32 Å². The van der Waals surface area contributed by atoms with Crippen molar-refractivity contribution in [1.29, 1.82) is 0 Å². The van der Waals surface area contributed by atoms with Crippen molar-refractivity contribution in [2.75, 3.05) is 0 Å². The van der Waals surface area contributed by atoms with Crippen LogP contribution in [0.2, 0.25) is 0 Å². The molecule has 0 radical (unpaired) electrons. The third-order valence-corrected chi connectivity index (χ3v) is 4.43. The first-order chi connectivity index (χ1) is 13.3. The van der Waals surface area contributed by atoms with Gasteiger partial charge in [-0.1, -0.05) is 30.3 Å². The molecule has 1 atom stereocenters. The van der Waals surface area contributed by atoms with Crippen LogP contribution in [0.5, 0.6) is 11.5 Å². The molecule has 8 heteroatoms. The van der Waals surface area contributed by atoms with Gasteiger partial charge in [0.1, 0.15) is 0 Å². The maximum Gasteiger partial charge on any atom is 0.340 e. The number of carbonyl (C=O) groups excluding carboxylic acids is 1. The highest BCUT2D eigenvalue weighted by atomic mass is 16.4. The molecule has 0 saturated carbocycles. The molecule has 8 nitrogen and oxygen atoms in total. The van der Waals surface area contributed by atoms with Gasteiger partial charge in [-0.25, -0.2) is 9.59 Å². The number of benzene rings is 2. The molecule has 3 rings (SSSR count). The zero-order chi connectivity index (χ0) is 20.4. The van der Waals surface area contributed by atoms with E-state index in [1.54, 1.807) is 37.3 Å². The summed E-state index contributed by atoms with van der Waals surface area (Å²) in [4.78, 5) is 36.2. The predicted molar refractivity (Wildman–Crippen MR) is 99.2 cm³/mol. The van der Waals surface area contributed by atoms with E-state index in [4.69, 9.17) is 4.42 Å². The molecule has 1 amide bonds. The Morgan fingerprint density at radius 2 is 1.79 bits per heavy atom. The summed E-state index contributed by atoms with van der Waals surface area (Å²) < 4.78 is 5.06. The second-order valence-corrected chi connectivity index (χ2v) is 6.23. The summed E-state index contributed by atoms with van der Waals surface area (Å²) >= 11 is 0. The van der Waals surface area contributed by atoms with Crippen molar-refractivity contribution in [1.82, 2.24) is 5.32 Å². The fourth-order valence-electron chi connectivity index (χ4n) is 2.94. The van der Waals surface area contributed by atoms with Gasteiger partial charge in [0.05, 0.1) is 12.0 Å². The Kier molecular flexibility index (Phi) is 5.04. The predicted octanol–water partition coefficient (Wildman–Crippen LogP) is 2.00. The molecular weight excluding hydrogens is 366 g/mol. The van der Waals surface area contributed by atoms with E-state index in [1.165, 1.54) is 12.1 Å². The van der Waals surface area contributed by atoms with Crippen molar-refractivity contribution in [3.8, 4) is 11.5 Å². The fraction of sp³-hybridized carbons (Fsp3) is 0.150. The largest absolute Gasteiger partial charge is 0.504 e. The molecule has 0 spiro atoms. The Morgan fingerprint density at radius 1 is 1.11 bits per heavy atom. The standard InChI is InChI=1S/C20H17NO7/c1-10-12-7-8-14(22)17(24)18(12)28-20(27)13(10)9-15(23)21-16(19(25)26)11-5-3-2-4-6-11/h2-8,16,22,24H,9H2,1H3,(H,21,23)(H,25,26). The molecule has 28 heavy (non-hydrogen) atoms. The van der Waals surface area contributed by atoms with Crippen LogP contribution in [0.15, 0.2) is 51.7 Å². The van der Waals surface area contributed by atoms with Gasteiger partial charge in [0.25, 0.3) is 0 Å². The molecule has 1 heterocycles. The fourth-order valence-corrected chi connectivity index (χ4v) is 2.94. The van der Waals surface area contributed by atoms with Crippen LogP contribution in [0.4, 0.5) is 0 Å². The summed E-state index contributed by atoms with van der Waals surface area (Å²) in [5.74, 6) is -2.91. The first-order valence-electron chi connectivity index (χ1n) is 8.34. The van der Waals surface area contributed by atoms with Crippen molar-refractivity contribution < 1.29 is 29.3 Å². The first-order valence-corrected chi connectivity index (χ1v) is 8.34. The molecule has 0 aliphatic heterocycles. The number of aromatic hydroxyl groups is 2. The molecule has 0 bridgehead atoms. The highest BCUT2D eigenvalue weighted by Crippen LogP contribution is 2.34.